The highest BCUT2D eigenvalue weighted by atomic mass is 35.5. The van der Waals surface area contributed by atoms with Crippen molar-refractivity contribution in [1.29, 1.82) is 0 Å². The molecule has 1 aromatic heterocycles. The van der Waals surface area contributed by atoms with Crippen LogP contribution in [-0.4, -0.2) is 28.1 Å². The molecule has 3 N–H and O–H groups in total. The fourth-order valence-corrected chi connectivity index (χ4v) is 4.49. The van der Waals surface area contributed by atoms with Crippen molar-refractivity contribution < 1.29 is 9.90 Å². The number of para-hydroxylation sites is 1. The van der Waals surface area contributed by atoms with E-state index in [1.54, 1.807) is 12.3 Å². The van der Waals surface area contributed by atoms with Gasteiger partial charge in [0.25, 0.3) is 5.91 Å². The summed E-state index contributed by atoms with van der Waals surface area (Å²) < 4.78 is 0. The van der Waals surface area contributed by atoms with Crippen LogP contribution in [0, 0.1) is 0 Å². The number of pyridine rings is 1. The van der Waals surface area contributed by atoms with E-state index >= 15 is 0 Å². The van der Waals surface area contributed by atoms with Gasteiger partial charge in [-0.2, -0.15) is 0 Å². The van der Waals surface area contributed by atoms with Gasteiger partial charge < -0.3 is 15.7 Å². The molecule has 1 amide bonds. The Labute approximate surface area is 187 Å². The highest BCUT2D eigenvalue weighted by Crippen LogP contribution is 2.30. The molecule has 0 bridgehead atoms. The first kappa shape index (κ1) is 21.4. The second-order valence-corrected chi connectivity index (χ2v) is 9.02. The number of carbonyl (C=O) groups excluding carboxylic acids is 1. The van der Waals surface area contributed by atoms with Crippen LogP contribution < -0.4 is 10.6 Å². The summed E-state index contributed by atoms with van der Waals surface area (Å²) in [7, 11) is 0. The van der Waals surface area contributed by atoms with Gasteiger partial charge in [-0.3, -0.25) is 9.78 Å². The minimum Gasteiger partial charge on any atom is -0.507 e. The van der Waals surface area contributed by atoms with Crippen molar-refractivity contribution in [2.75, 3.05) is 5.32 Å². The molecule has 1 heterocycles. The van der Waals surface area contributed by atoms with E-state index in [0.29, 0.717) is 16.6 Å². The molecule has 5 nitrogen and oxygen atoms in total. The third-order valence-corrected chi connectivity index (χ3v) is 6.30. The maximum absolute atomic E-state index is 12.8. The maximum atomic E-state index is 12.8. The first-order valence-electron chi connectivity index (χ1n) is 10.9. The van der Waals surface area contributed by atoms with Crippen LogP contribution in [0.3, 0.4) is 0 Å². The van der Waals surface area contributed by atoms with Gasteiger partial charge in [0.15, 0.2) is 0 Å². The second-order valence-electron chi connectivity index (χ2n) is 8.58. The number of hydrogen-bond donors (Lipinski definition) is 3. The van der Waals surface area contributed by atoms with E-state index in [1.165, 1.54) is 0 Å². The van der Waals surface area contributed by atoms with Crippen LogP contribution in [0.15, 0.2) is 48.7 Å². The van der Waals surface area contributed by atoms with E-state index < -0.39 is 0 Å². The lowest BCUT2D eigenvalue weighted by Crippen LogP contribution is -2.40. The van der Waals surface area contributed by atoms with Gasteiger partial charge in [-0.05, 0) is 67.5 Å². The summed E-state index contributed by atoms with van der Waals surface area (Å²) in [4.78, 5) is 17.2. The number of anilines is 1. The van der Waals surface area contributed by atoms with Crippen molar-refractivity contribution in [3.63, 3.8) is 0 Å². The molecule has 2 aromatic carbocycles. The Kier molecular flexibility index (Phi) is 6.33. The molecule has 1 fully saturated rings. The number of fused-ring (bicyclic) bond motifs is 1. The van der Waals surface area contributed by atoms with Crippen LogP contribution in [0.2, 0.25) is 5.02 Å². The summed E-state index contributed by atoms with van der Waals surface area (Å²) in [6.07, 6.45) is 5.50. The average Bonchev–Trinajstić information content (AvgIpc) is 2.75. The third kappa shape index (κ3) is 4.77. The number of aromatic hydroxyl groups is 1. The number of halogens is 1. The molecule has 4 rings (SSSR count). The van der Waals surface area contributed by atoms with E-state index in [9.17, 15) is 9.90 Å². The Balaban J connectivity index is 1.37. The summed E-state index contributed by atoms with van der Waals surface area (Å²) >= 11 is 6.09. The summed E-state index contributed by atoms with van der Waals surface area (Å²) in [6.45, 7) is 4.01. The Morgan fingerprint density at radius 3 is 2.58 bits per heavy atom. The lowest BCUT2D eigenvalue weighted by molar-refractivity contribution is 0.0923. The standard InChI is InChI=1S/C25H28ClN3O2/c1-15(2)19-4-3-5-21(24(19)30)25(31)29-18-9-7-17(8-10-18)28-22-12-13-27-23-14-16(26)6-11-20(22)23/h3-6,11-15,17-18,30H,7-10H2,1-2H3,(H,27,28)(H,29,31). The minimum absolute atomic E-state index is 0.0926. The van der Waals surface area contributed by atoms with Gasteiger partial charge in [0.05, 0.1) is 11.1 Å². The molecular weight excluding hydrogens is 410 g/mol. The number of nitrogens with zero attached hydrogens (tertiary/aromatic N) is 1. The zero-order chi connectivity index (χ0) is 22.0. The smallest absolute Gasteiger partial charge is 0.255 e. The molecule has 6 heteroatoms. The molecule has 3 aromatic rings. The largest absolute Gasteiger partial charge is 0.507 e. The number of phenols is 1. The van der Waals surface area contributed by atoms with Crippen molar-refractivity contribution in [3.05, 3.63) is 64.8 Å². The summed E-state index contributed by atoms with van der Waals surface area (Å²) in [6, 6.07) is 13.6. The Morgan fingerprint density at radius 2 is 1.84 bits per heavy atom. The van der Waals surface area contributed by atoms with Crippen molar-refractivity contribution in [3.8, 4) is 5.75 Å². The van der Waals surface area contributed by atoms with E-state index in [-0.39, 0.29) is 23.6 Å². The van der Waals surface area contributed by atoms with Crippen LogP contribution in [0.25, 0.3) is 10.9 Å². The zero-order valence-corrected chi connectivity index (χ0v) is 18.6. The Hall–Kier alpha value is -2.79. The van der Waals surface area contributed by atoms with Gasteiger partial charge in [-0.1, -0.05) is 37.6 Å². The molecule has 1 aliphatic carbocycles. The molecule has 0 unspecified atom stereocenters. The van der Waals surface area contributed by atoms with Gasteiger partial charge in [0.1, 0.15) is 5.75 Å². The number of rotatable bonds is 5. The van der Waals surface area contributed by atoms with E-state index in [4.69, 9.17) is 11.6 Å². The van der Waals surface area contributed by atoms with Gasteiger partial charge in [-0.15, -0.1) is 0 Å². The highest BCUT2D eigenvalue weighted by Gasteiger charge is 2.24. The number of hydrogen-bond acceptors (Lipinski definition) is 4. The van der Waals surface area contributed by atoms with Crippen LogP contribution in [0.5, 0.6) is 5.75 Å². The number of amides is 1. The van der Waals surface area contributed by atoms with Crippen molar-refractivity contribution in [2.45, 2.75) is 57.5 Å². The Bertz CT molecular complexity index is 1090. The zero-order valence-electron chi connectivity index (χ0n) is 17.9. The fourth-order valence-electron chi connectivity index (χ4n) is 4.32. The van der Waals surface area contributed by atoms with Crippen LogP contribution >= 0.6 is 11.6 Å². The first-order valence-corrected chi connectivity index (χ1v) is 11.2. The molecule has 162 valence electrons. The molecule has 0 aliphatic heterocycles. The summed E-state index contributed by atoms with van der Waals surface area (Å²) in [5, 5.41) is 19.0. The predicted octanol–water partition coefficient (Wildman–Crippen LogP) is 5.87. The summed E-state index contributed by atoms with van der Waals surface area (Å²) in [5.74, 6) is 0.0537. The first-order chi connectivity index (χ1) is 14.9. The lowest BCUT2D eigenvalue weighted by atomic mass is 9.90. The quantitative estimate of drug-likeness (QED) is 0.466. The van der Waals surface area contributed by atoms with Gasteiger partial charge >= 0.3 is 0 Å². The SMILES string of the molecule is CC(C)c1cccc(C(=O)NC2CCC(Nc3ccnc4cc(Cl)ccc34)CC2)c1O. The molecule has 0 spiro atoms. The van der Waals surface area contributed by atoms with Gasteiger partial charge in [0.2, 0.25) is 0 Å². The molecule has 0 radical (unpaired) electrons. The molecular formula is C25H28ClN3O2. The van der Waals surface area contributed by atoms with Crippen LogP contribution in [0.1, 0.15) is 61.4 Å². The normalized spacial score (nSPS) is 18.8. The summed E-state index contributed by atoms with van der Waals surface area (Å²) in [5.41, 5.74) is 3.09. The number of aromatic nitrogens is 1. The molecule has 0 saturated heterocycles. The number of phenolic OH excluding ortho intramolecular Hbond substituents is 1. The molecule has 0 atom stereocenters. The Morgan fingerprint density at radius 1 is 1.10 bits per heavy atom. The molecule has 1 saturated carbocycles. The monoisotopic (exact) mass is 437 g/mol. The molecule has 31 heavy (non-hydrogen) atoms. The minimum atomic E-state index is -0.201. The number of benzene rings is 2. The fraction of sp³-hybridized carbons (Fsp3) is 0.360. The van der Waals surface area contributed by atoms with E-state index in [0.717, 1.165) is 47.8 Å². The second kappa shape index (κ2) is 9.15. The van der Waals surface area contributed by atoms with Crippen molar-refractivity contribution in [1.82, 2.24) is 10.3 Å². The number of nitrogens with one attached hydrogen (secondary N) is 2. The van der Waals surface area contributed by atoms with Crippen molar-refractivity contribution in [2.24, 2.45) is 0 Å². The predicted molar refractivity (Wildman–Crippen MR) is 126 cm³/mol. The third-order valence-electron chi connectivity index (χ3n) is 6.06. The van der Waals surface area contributed by atoms with Crippen molar-refractivity contribution >= 4 is 34.1 Å². The average molecular weight is 438 g/mol. The maximum Gasteiger partial charge on any atom is 0.255 e. The molecule has 1 aliphatic rings. The van der Waals surface area contributed by atoms with E-state index in [2.05, 4.69) is 15.6 Å². The van der Waals surface area contributed by atoms with Crippen LogP contribution in [-0.2, 0) is 0 Å². The van der Waals surface area contributed by atoms with Gasteiger partial charge in [0, 0.05) is 34.4 Å². The number of carbonyl (C=O) groups is 1. The topological polar surface area (TPSA) is 74.2 Å². The van der Waals surface area contributed by atoms with E-state index in [1.807, 2.05) is 50.2 Å². The lowest BCUT2D eigenvalue weighted by Gasteiger charge is -2.30. The van der Waals surface area contributed by atoms with Gasteiger partial charge in [-0.25, -0.2) is 0 Å². The highest BCUT2D eigenvalue weighted by molar-refractivity contribution is 6.31. The van der Waals surface area contributed by atoms with Crippen LogP contribution in [0.4, 0.5) is 5.69 Å².